The lowest BCUT2D eigenvalue weighted by Gasteiger charge is -2.58. The smallest absolute Gasteiger partial charge is 0.139 e. The zero-order valence-electron chi connectivity index (χ0n) is 17.9. The molecule has 0 N–H and O–H groups in total. The van der Waals surface area contributed by atoms with E-state index < -0.39 is 11.4 Å². The van der Waals surface area contributed by atoms with E-state index >= 15 is 0 Å². The van der Waals surface area contributed by atoms with E-state index in [9.17, 15) is 24.3 Å². The second-order valence-corrected chi connectivity index (χ2v) is 10.8. The van der Waals surface area contributed by atoms with Crippen LogP contribution in [0.4, 0.5) is 0 Å². The Morgan fingerprint density at radius 3 is 2.52 bits per heavy atom. The number of hydrogen-bond donors (Lipinski definition) is 0. The minimum absolute atomic E-state index is 0.0192. The van der Waals surface area contributed by atoms with Gasteiger partial charge in [-0.15, -0.1) is 0 Å². The van der Waals surface area contributed by atoms with Gasteiger partial charge in [0.1, 0.15) is 17.3 Å². The molecule has 0 aromatic heterocycles. The van der Waals surface area contributed by atoms with Crippen molar-refractivity contribution in [3.63, 3.8) is 0 Å². The number of aliphatic carboxylic acids is 1. The van der Waals surface area contributed by atoms with Crippen molar-refractivity contribution in [3.05, 3.63) is 0 Å². The van der Waals surface area contributed by atoms with Crippen molar-refractivity contribution in [2.45, 2.75) is 78.6 Å². The predicted octanol–water partition coefficient (Wildman–Crippen LogP) is 2.74. The van der Waals surface area contributed by atoms with E-state index in [1.54, 1.807) is 0 Å². The molecule has 4 aliphatic rings. The van der Waals surface area contributed by atoms with Crippen LogP contribution in [0, 0.1) is 46.3 Å². The van der Waals surface area contributed by atoms with Gasteiger partial charge in [0.05, 0.1) is 0 Å². The van der Waals surface area contributed by atoms with Crippen LogP contribution in [0.1, 0.15) is 78.6 Å². The molecule has 0 heterocycles. The van der Waals surface area contributed by atoms with E-state index in [4.69, 9.17) is 0 Å². The lowest BCUT2D eigenvalue weighted by atomic mass is 9.44. The largest absolute Gasteiger partial charge is 0.550 e. The van der Waals surface area contributed by atoms with E-state index in [0.717, 1.165) is 19.3 Å². The van der Waals surface area contributed by atoms with Crippen LogP contribution in [-0.2, 0) is 19.2 Å². The Kier molecular flexibility index (Phi) is 5.02. The number of carboxylic acids is 1. The average molecular weight is 402 g/mol. The first-order valence-corrected chi connectivity index (χ1v) is 11.4. The SMILES string of the molecule is C[C@H](CCC(=O)[O-])[C@@H]1CC[C@H]2[C@@H]3C(=O)C[C@H]4CC(=O)CC[C@]4(C)[C@H]3CC(=O)[C@]21C. The third kappa shape index (κ3) is 3.02. The highest BCUT2D eigenvalue weighted by molar-refractivity contribution is 5.93. The second kappa shape index (κ2) is 7.02. The van der Waals surface area contributed by atoms with Crippen LogP contribution < -0.4 is 5.11 Å². The summed E-state index contributed by atoms with van der Waals surface area (Å²) in [5.74, 6) is 0.130. The number of carbonyl (C=O) groups excluding carboxylic acids is 4. The summed E-state index contributed by atoms with van der Waals surface area (Å²) in [6.07, 6.45) is 5.08. The summed E-state index contributed by atoms with van der Waals surface area (Å²) in [4.78, 5) is 49.8. The molecule has 160 valence electrons. The van der Waals surface area contributed by atoms with Crippen molar-refractivity contribution in [2.75, 3.05) is 0 Å². The van der Waals surface area contributed by atoms with Crippen LogP contribution in [0.5, 0.6) is 0 Å². The summed E-state index contributed by atoms with van der Waals surface area (Å²) >= 11 is 0. The first-order valence-electron chi connectivity index (χ1n) is 11.4. The van der Waals surface area contributed by atoms with Gasteiger partial charge < -0.3 is 9.90 Å². The highest BCUT2D eigenvalue weighted by Crippen LogP contribution is 2.66. The van der Waals surface area contributed by atoms with Gasteiger partial charge in [0.25, 0.3) is 0 Å². The van der Waals surface area contributed by atoms with Crippen molar-refractivity contribution < 1.29 is 24.3 Å². The molecule has 0 aromatic rings. The van der Waals surface area contributed by atoms with Gasteiger partial charge in [0.15, 0.2) is 0 Å². The lowest BCUT2D eigenvalue weighted by molar-refractivity contribution is -0.306. The van der Waals surface area contributed by atoms with Gasteiger partial charge >= 0.3 is 0 Å². The van der Waals surface area contributed by atoms with Gasteiger partial charge in [-0.2, -0.15) is 0 Å². The van der Waals surface area contributed by atoms with Crippen LogP contribution >= 0.6 is 0 Å². The van der Waals surface area contributed by atoms with E-state index in [-0.39, 0.29) is 64.7 Å². The molecule has 29 heavy (non-hydrogen) atoms. The van der Waals surface area contributed by atoms with Crippen molar-refractivity contribution in [2.24, 2.45) is 46.3 Å². The molecule has 4 aliphatic carbocycles. The summed E-state index contributed by atoms with van der Waals surface area (Å²) < 4.78 is 0. The van der Waals surface area contributed by atoms with E-state index in [2.05, 4.69) is 13.8 Å². The highest BCUT2D eigenvalue weighted by Gasteiger charge is 2.66. The van der Waals surface area contributed by atoms with E-state index in [1.807, 2.05) is 6.92 Å². The van der Waals surface area contributed by atoms with E-state index in [0.29, 0.717) is 32.1 Å². The summed E-state index contributed by atoms with van der Waals surface area (Å²) in [6, 6.07) is 0. The molecule has 0 saturated heterocycles. The quantitative estimate of drug-likeness (QED) is 0.722. The molecular formula is C24H33O5-. The zero-order valence-corrected chi connectivity index (χ0v) is 17.9. The van der Waals surface area contributed by atoms with Gasteiger partial charge in [-0.25, -0.2) is 0 Å². The van der Waals surface area contributed by atoms with Crippen LogP contribution in [0.2, 0.25) is 0 Å². The summed E-state index contributed by atoms with van der Waals surface area (Å²) in [6.45, 7) is 6.32. The number of fused-ring (bicyclic) bond motifs is 5. The Labute approximate surface area is 173 Å². The fraction of sp³-hybridized carbons (Fsp3) is 0.833. The molecule has 0 radical (unpaired) electrons. The topological polar surface area (TPSA) is 91.3 Å². The van der Waals surface area contributed by atoms with Gasteiger partial charge in [0.2, 0.25) is 0 Å². The molecule has 0 aliphatic heterocycles. The molecule has 5 heteroatoms. The van der Waals surface area contributed by atoms with Crippen molar-refractivity contribution in [1.29, 1.82) is 0 Å². The van der Waals surface area contributed by atoms with Crippen molar-refractivity contribution in [1.82, 2.24) is 0 Å². The third-order valence-electron chi connectivity index (χ3n) is 9.71. The molecule has 0 amide bonds. The molecular weight excluding hydrogens is 368 g/mol. The molecule has 4 saturated carbocycles. The first kappa shape index (κ1) is 20.7. The van der Waals surface area contributed by atoms with Crippen LogP contribution in [0.25, 0.3) is 0 Å². The molecule has 0 aromatic carbocycles. The fourth-order valence-electron chi connectivity index (χ4n) is 7.94. The molecule has 0 spiro atoms. The van der Waals surface area contributed by atoms with Crippen LogP contribution in [-0.4, -0.2) is 23.3 Å². The maximum Gasteiger partial charge on any atom is 0.139 e. The second-order valence-electron chi connectivity index (χ2n) is 10.8. The number of rotatable bonds is 4. The Hall–Kier alpha value is -1.52. The molecule has 8 atom stereocenters. The minimum Gasteiger partial charge on any atom is -0.550 e. The number of ketones is 3. The maximum absolute atomic E-state index is 13.6. The van der Waals surface area contributed by atoms with Gasteiger partial charge in [-0.1, -0.05) is 20.8 Å². The number of carbonyl (C=O) groups is 4. The normalized spacial score (nSPS) is 45.3. The Balaban J connectivity index is 1.63. The number of Topliss-reactive ketones (excluding diaryl/α,β-unsaturated/α-hetero) is 3. The first-order chi connectivity index (χ1) is 13.6. The summed E-state index contributed by atoms with van der Waals surface area (Å²) in [7, 11) is 0. The molecule has 0 unspecified atom stereocenters. The molecule has 4 rings (SSSR count). The Bertz CT molecular complexity index is 756. The molecule has 0 bridgehead atoms. The standard InChI is InChI=1S/C24H34O5/c1-13(4-7-21(28)29)16-5-6-17-22-18(12-20(27)24(16,17)3)23(2)9-8-15(25)10-14(23)11-19(22)26/h13-14,16-18,22H,4-12H2,1-3H3,(H,28,29)/p-1/t13-,14-,16+,17+,18+,22+,23+,24+/m1/s1. The fourth-order valence-corrected chi connectivity index (χ4v) is 7.94. The van der Waals surface area contributed by atoms with Crippen LogP contribution in [0.3, 0.4) is 0 Å². The highest BCUT2D eigenvalue weighted by atomic mass is 16.4. The lowest BCUT2D eigenvalue weighted by Crippen LogP contribution is -2.60. The monoisotopic (exact) mass is 401 g/mol. The number of carboxylic acid groups (broad SMARTS) is 1. The van der Waals surface area contributed by atoms with Crippen LogP contribution in [0.15, 0.2) is 0 Å². The summed E-state index contributed by atoms with van der Waals surface area (Å²) in [5, 5.41) is 10.9. The average Bonchev–Trinajstić information content (AvgIpc) is 3.01. The molecule has 5 nitrogen and oxygen atoms in total. The molecule has 4 fully saturated rings. The maximum atomic E-state index is 13.6. The minimum atomic E-state index is -1.04. The summed E-state index contributed by atoms with van der Waals surface area (Å²) in [5.41, 5.74) is -0.627. The number of hydrogen-bond acceptors (Lipinski definition) is 5. The van der Waals surface area contributed by atoms with Crippen molar-refractivity contribution >= 4 is 23.3 Å². The van der Waals surface area contributed by atoms with Crippen molar-refractivity contribution in [3.8, 4) is 0 Å². The Morgan fingerprint density at radius 1 is 1.10 bits per heavy atom. The van der Waals surface area contributed by atoms with Gasteiger partial charge in [-0.05, 0) is 67.1 Å². The van der Waals surface area contributed by atoms with Gasteiger partial charge in [-0.3, -0.25) is 14.4 Å². The third-order valence-corrected chi connectivity index (χ3v) is 9.71. The zero-order chi connectivity index (χ0) is 21.1. The predicted molar refractivity (Wildman–Crippen MR) is 104 cm³/mol. The van der Waals surface area contributed by atoms with E-state index in [1.165, 1.54) is 0 Å². The Morgan fingerprint density at radius 2 is 1.83 bits per heavy atom. The van der Waals surface area contributed by atoms with Gasteiger partial charge in [0, 0.05) is 43.0 Å².